The van der Waals surface area contributed by atoms with Crippen molar-refractivity contribution in [3.8, 4) is 10.6 Å². The number of aromatic nitrogens is 1. The topological polar surface area (TPSA) is 12.9 Å². The largest absolute Gasteiger partial charge is 0.240 e. The fourth-order valence-electron chi connectivity index (χ4n) is 1.61. The molecule has 0 N–H and O–H groups in total. The van der Waals surface area contributed by atoms with Gasteiger partial charge in [0.15, 0.2) is 0 Å². The molecule has 0 bridgehead atoms. The molecule has 0 aliphatic carbocycles. The van der Waals surface area contributed by atoms with E-state index in [-0.39, 0.29) is 5.41 Å². The van der Waals surface area contributed by atoms with E-state index in [2.05, 4.69) is 50.0 Å². The minimum Gasteiger partial charge on any atom is -0.240 e. The average Bonchev–Trinajstić information content (AvgIpc) is 2.76. The standard InChI is InChI=1S/C14H16ClNS/c1-14(2,3)11-6-4-10(5-7-11)13-16-12(8-15)9-17-13/h4-7,9H,8H2,1-3H3. The van der Waals surface area contributed by atoms with E-state index in [0.29, 0.717) is 5.88 Å². The van der Waals surface area contributed by atoms with Crippen molar-refractivity contribution in [3.63, 3.8) is 0 Å². The summed E-state index contributed by atoms with van der Waals surface area (Å²) in [6, 6.07) is 8.63. The normalized spacial score (nSPS) is 11.8. The molecule has 3 heteroatoms. The van der Waals surface area contributed by atoms with E-state index in [1.54, 1.807) is 11.3 Å². The molecule has 2 rings (SSSR count). The molecule has 0 aliphatic heterocycles. The van der Waals surface area contributed by atoms with E-state index in [1.807, 2.05) is 5.38 Å². The van der Waals surface area contributed by atoms with Crippen molar-refractivity contribution < 1.29 is 0 Å². The van der Waals surface area contributed by atoms with E-state index in [4.69, 9.17) is 11.6 Å². The first-order valence-corrected chi connectivity index (χ1v) is 7.03. The molecule has 0 spiro atoms. The van der Waals surface area contributed by atoms with Crippen LogP contribution in [0.4, 0.5) is 0 Å². The van der Waals surface area contributed by atoms with Crippen LogP contribution in [-0.4, -0.2) is 4.98 Å². The monoisotopic (exact) mass is 265 g/mol. The smallest absolute Gasteiger partial charge is 0.123 e. The Labute approximate surface area is 111 Å². The zero-order valence-electron chi connectivity index (χ0n) is 10.3. The van der Waals surface area contributed by atoms with Crippen molar-refractivity contribution in [1.29, 1.82) is 0 Å². The van der Waals surface area contributed by atoms with Crippen LogP contribution in [0.2, 0.25) is 0 Å². The van der Waals surface area contributed by atoms with Gasteiger partial charge in [0, 0.05) is 10.9 Å². The molecule has 1 heterocycles. The molecule has 0 atom stereocenters. The third-order valence-electron chi connectivity index (χ3n) is 2.69. The molecule has 0 unspecified atom stereocenters. The molecular formula is C14H16ClNS. The Morgan fingerprint density at radius 1 is 1.18 bits per heavy atom. The maximum absolute atomic E-state index is 5.76. The maximum atomic E-state index is 5.76. The van der Waals surface area contributed by atoms with Crippen molar-refractivity contribution in [2.75, 3.05) is 0 Å². The number of hydrogen-bond donors (Lipinski definition) is 0. The zero-order valence-corrected chi connectivity index (χ0v) is 11.9. The highest BCUT2D eigenvalue weighted by Crippen LogP contribution is 2.28. The molecule has 0 saturated carbocycles. The molecule has 0 fully saturated rings. The highest BCUT2D eigenvalue weighted by molar-refractivity contribution is 7.13. The van der Waals surface area contributed by atoms with Crippen molar-refractivity contribution in [3.05, 3.63) is 40.9 Å². The molecule has 0 aliphatic rings. The lowest BCUT2D eigenvalue weighted by Crippen LogP contribution is -2.10. The summed E-state index contributed by atoms with van der Waals surface area (Å²) in [5, 5.41) is 3.06. The SMILES string of the molecule is CC(C)(C)c1ccc(-c2nc(CCl)cs2)cc1. The molecule has 0 radical (unpaired) electrons. The Morgan fingerprint density at radius 3 is 2.29 bits per heavy atom. The lowest BCUT2D eigenvalue weighted by Gasteiger charge is -2.18. The highest BCUT2D eigenvalue weighted by atomic mass is 35.5. The van der Waals surface area contributed by atoms with Gasteiger partial charge in [-0.15, -0.1) is 22.9 Å². The van der Waals surface area contributed by atoms with E-state index in [1.165, 1.54) is 11.1 Å². The lowest BCUT2D eigenvalue weighted by atomic mass is 9.87. The Balaban J connectivity index is 2.29. The summed E-state index contributed by atoms with van der Waals surface area (Å²) in [4.78, 5) is 4.48. The number of nitrogens with zero attached hydrogens (tertiary/aromatic N) is 1. The molecule has 0 saturated heterocycles. The fraction of sp³-hybridized carbons (Fsp3) is 0.357. The summed E-state index contributed by atoms with van der Waals surface area (Å²) in [5.74, 6) is 0.483. The van der Waals surface area contributed by atoms with Crippen LogP contribution in [0.25, 0.3) is 10.6 Å². The summed E-state index contributed by atoms with van der Waals surface area (Å²) < 4.78 is 0. The minimum atomic E-state index is 0.197. The van der Waals surface area contributed by atoms with E-state index in [9.17, 15) is 0 Å². The predicted octanol–water partition coefficient (Wildman–Crippen LogP) is 4.85. The molecular weight excluding hydrogens is 250 g/mol. The van der Waals surface area contributed by atoms with E-state index < -0.39 is 0 Å². The molecule has 2 aromatic rings. The second-order valence-electron chi connectivity index (χ2n) is 5.10. The number of thiazole rings is 1. The van der Waals surface area contributed by atoms with Crippen LogP contribution < -0.4 is 0 Å². The summed E-state index contributed by atoms with van der Waals surface area (Å²) in [6.45, 7) is 6.66. The van der Waals surface area contributed by atoms with Crippen molar-refractivity contribution >= 4 is 22.9 Å². The van der Waals surface area contributed by atoms with Gasteiger partial charge in [0.05, 0.1) is 11.6 Å². The highest BCUT2D eigenvalue weighted by Gasteiger charge is 2.13. The Hall–Kier alpha value is -0.860. The van der Waals surface area contributed by atoms with Crippen LogP contribution >= 0.6 is 22.9 Å². The summed E-state index contributed by atoms with van der Waals surface area (Å²) in [7, 11) is 0. The molecule has 0 amide bonds. The second kappa shape index (κ2) is 4.79. The average molecular weight is 266 g/mol. The summed E-state index contributed by atoms with van der Waals surface area (Å²) >= 11 is 7.40. The molecule has 17 heavy (non-hydrogen) atoms. The second-order valence-corrected chi connectivity index (χ2v) is 6.23. The number of benzene rings is 1. The van der Waals surface area contributed by atoms with Crippen molar-refractivity contribution in [1.82, 2.24) is 4.98 Å². The fourth-order valence-corrected chi connectivity index (χ4v) is 2.67. The quantitative estimate of drug-likeness (QED) is 0.708. The van der Waals surface area contributed by atoms with Crippen LogP contribution in [0.3, 0.4) is 0 Å². The Kier molecular flexibility index (Phi) is 3.55. The zero-order chi connectivity index (χ0) is 12.5. The number of hydrogen-bond acceptors (Lipinski definition) is 2. The van der Waals surface area contributed by atoms with Crippen molar-refractivity contribution in [2.45, 2.75) is 32.1 Å². The first kappa shape index (κ1) is 12.6. The summed E-state index contributed by atoms with van der Waals surface area (Å²) in [6.07, 6.45) is 0. The van der Waals surface area contributed by atoms with Crippen LogP contribution in [0.5, 0.6) is 0 Å². The first-order chi connectivity index (χ1) is 8.00. The number of rotatable bonds is 2. The minimum absolute atomic E-state index is 0.197. The van der Waals surface area contributed by atoms with Crippen LogP contribution in [0, 0.1) is 0 Å². The Bertz CT molecular complexity index is 494. The number of halogens is 1. The van der Waals surface area contributed by atoms with Gasteiger partial charge in [-0.1, -0.05) is 45.0 Å². The van der Waals surface area contributed by atoms with E-state index >= 15 is 0 Å². The first-order valence-electron chi connectivity index (χ1n) is 5.62. The van der Waals surface area contributed by atoms with Crippen LogP contribution in [-0.2, 0) is 11.3 Å². The van der Waals surface area contributed by atoms with E-state index in [0.717, 1.165) is 10.7 Å². The van der Waals surface area contributed by atoms with Crippen LogP contribution in [0.1, 0.15) is 32.0 Å². The third-order valence-corrected chi connectivity index (χ3v) is 3.90. The van der Waals surface area contributed by atoms with Crippen molar-refractivity contribution in [2.24, 2.45) is 0 Å². The van der Waals surface area contributed by atoms with Gasteiger partial charge in [0.1, 0.15) is 5.01 Å². The van der Waals surface area contributed by atoms with Gasteiger partial charge in [0.25, 0.3) is 0 Å². The van der Waals surface area contributed by atoms with Gasteiger partial charge in [-0.25, -0.2) is 4.98 Å². The molecule has 1 nitrogen and oxygen atoms in total. The third kappa shape index (κ3) is 2.88. The van der Waals surface area contributed by atoms with Gasteiger partial charge in [0.2, 0.25) is 0 Å². The van der Waals surface area contributed by atoms with Gasteiger partial charge in [-0.3, -0.25) is 0 Å². The molecule has 90 valence electrons. The van der Waals surface area contributed by atoms with Gasteiger partial charge < -0.3 is 0 Å². The maximum Gasteiger partial charge on any atom is 0.123 e. The van der Waals surface area contributed by atoms with Crippen LogP contribution in [0.15, 0.2) is 29.6 Å². The summed E-state index contributed by atoms with van der Waals surface area (Å²) in [5.41, 5.74) is 3.66. The predicted molar refractivity (Wildman–Crippen MR) is 75.8 cm³/mol. The lowest BCUT2D eigenvalue weighted by molar-refractivity contribution is 0.590. The van der Waals surface area contributed by atoms with Gasteiger partial charge >= 0.3 is 0 Å². The molecule has 1 aromatic carbocycles. The molecule has 1 aromatic heterocycles. The number of alkyl halides is 1. The Morgan fingerprint density at radius 2 is 1.82 bits per heavy atom. The van der Waals surface area contributed by atoms with Gasteiger partial charge in [-0.2, -0.15) is 0 Å². The van der Waals surface area contributed by atoms with Gasteiger partial charge in [-0.05, 0) is 11.0 Å².